The van der Waals surface area contributed by atoms with Gasteiger partial charge in [-0.1, -0.05) is 0 Å². The van der Waals surface area contributed by atoms with Crippen molar-refractivity contribution < 1.29 is 9.59 Å². The van der Waals surface area contributed by atoms with E-state index in [0.717, 1.165) is 56.3 Å². The monoisotopic (exact) mass is 315 g/mol. The highest BCUT2D eigenvalue weighted by Gasteiger charge is 2.54. The van der Waals surface area contributed by atoms with Gasteiger partial charge in [-0.05, 0) is 51.5 Å². The first-order chi connectivity index (χ1) is 11.0. The quantitative estimate of drug-likeness (QED) is 0.839. The van der Waals surface area contributed by atoms with Crippen molar-refractivity contribution in [3.63, 3.8) is 0 Å². The molecule has 1 unspecified atom stereocenters. The zero-order valence-electron chi connectivity index (χ0n) is 14.0. The fourth-order valence-electron chi connectivity index (χ4n) is 4.39. The Morgan fingerprint density at radius 2 is 1.91 bits per heavy atom. The van der Waals surface area contributed by atoms with Crippen LogP contribution in [0, 0.1) is 6.92 Å². The van der Waals surface area contributed by atoms with Gasteiger partial charge in [0.15, 0.2) is 0 Å². The summed E-state index contributed by atoms with van der Waals surface area (Å²) in [5.41, 5.74) is 1.14. The SMILES string of the molecule is Cc1c(C(=O)N2CCCC23CCCN(C2CC2)C3=O)ccn1C. The van der Waals surface area contributed by atoms with Crippen molar-refractivity contribution in [1.82, 2.24) is 14.4 Å². The number of aryl methyl sites for hydroxylation is 1. The van der Waals surface area contributed by atoms with Gasteiger partial charge in [0.25, 0.3) is 5.91 Å². The fraction of sp³-hybridized carbons (Fsp3) is 0.667. The highest BCUT2D eigenvalue weighted by atomic mass is 16.2. The van der Waals surface area contributed by atoms with E-state index in [9.17, 15) is 9.59 Å². The van der Waals surface area contributed by atoms with Crippen molar-refractivity contribution in [2.45, 2.75) is 57.0 Å². The van der Waals surface area contributed by atoms with Crippen LogP contribution >= 0.6 is 0 Å². The average molecular weight is 315 g/mol. The molecule has 23 heavy (non-hydrogen) atoms. The van der Waals surface area contributed by atoms with E-state index in [2.05, 4.69) is 4.90 Å². The lowest BCUT2D eigenvalue weighted by Gasteiger charge is -2.44. The summed E-state index contributed by atoms with van der Waals surface area (Å²) in [7, 11) is 1.95. The number of amides is 2. The maximum absolute atomic E-state index is 13.2. The standard InChI is InChI=1S/C18H25N3O2/c1-13-15(7-12-19(13)2)16(22)21-11-4-9-18(21)8-3-10-20(17(18)23)14-5-6-14/h7,12,14H,3-6,8-11H2,1-2H3. The molecule has 2 amide bonds. The molecule has 3 aliphatic rings. The van der Waals surface area contributed by atoms with Crippen molar-refractivity contribution in [2.75, 3.05) is 13.1 Å². The first-order valence-corrected chi connectivity index (χ1v) is 8.79. The van der Waals surface area contributed by atoms with Crippen molar-refractivity contribution in [1.29, 1.82) is 0 Å². The summed E-state index contributed by atoms with van der Waals surface area (Å²) in [5.74, 6) is 0.247. The Kier molecular flexibility index (Phi) is 3.29. The van der Waals surface area contributed by atoms with Gasteiger partial charge in [0, 0.05) is 38.1 Å². The van der Waals surface area contributed by atoms with Crippen LogP contribution in [0.3, 0.4) is 0 Å². The maximum atomic E-state index is 13.2. The molecule has 1 saturated carbocycles. The number of hydrogen-bond donors (Lipinski definition) is 0. The van der Waals surface area contributed by atoms with Gasteiger partial charge in [0.1, 0.15) is 5.54 Å². The van der Waals surface area contributed by atoms with Gasteiger partial charge in [-0.15, -0.1) is 0 Å². The molecular weight excluding hydrogens is 290 g/mol. The Balaban J connectivity index is 1.66. The molecule has 0 aromatic carbocycles. The first kappa shape index (κ1) is 14.8. The number of hydrogen-bond acceptors (Lipinski definition) is 2. The second-order valence-corrected chi connectivity index (χ2v) is 7.35. The molecule has 0 radical (unpaired) electrons. The third-order valence-corrected chi connectivity index (χ3v) is 5.98. The lowest BCUT2D eigenvalue weighted by molar-refractivity contribution is -0.146. The molecule has 1 atom stereocenters. The summed E-state index contributed by atoms with van der Waals surface area (Å²) < 4.78 is 1.97. The lowest BCUT2D eigenvalue weighted by atomic mass is 9.85. The van der Waals surface area contributed by atoms with Crippen molar-refractivity contribution >= 4 is 11.8 Å². The van der Waals surface area contributed by atoms with Crippen LogP contribution in [0.15, 0.2) is 12.3 Å². The van der Waals surface area contributed by atoms with E-state index in [0.29, 0.717) is 12.6 Å². The third-order valence-electron chi connectivity index (χ3n) is 5.98. The minimum Gasteiger partial charge on any atom is -0.354 e. The zero-order valence-corrected chi connectivity index (χ0v) is 14.0. The topological polar surface area (TPSA) is 45.6 Å². The fourth-order valence-corrected chi connectivity index (χ4v) is 4.39. The highest BCUT2D eigenvalue weighted by molar-refractivity contribution is 6.00. The van der Waals surface area contributed by atoms with Crippen LogP contribution in [-0.4, -0.2) is 50.9 Å². The Bertz CT molecular complexity index is 661. The Hall–Kier alpha value is -1.78. The molecule has 1 aliphatic carbocycles. The second-order valence-electron chi connectivity index (χ2n) is 7.35. The van der Waals surface area contributed by atoms with Crippen molar-refractivity contribution in [2.24, 2.45) is 7.05 Å². The van der Waals surface area contributed by atoms with Crippen LogP contribution in [-0.2, 0) is 11.8 Å². The number of likely N-dealkylation sites (tertiary alicyclic amines) is 2. The van der Waals surface area contributed by atoms with Gasteiger partial charge in [-0.3, -0.25) is 9.59 Å². The molecule has 2 saturated heterocycles. The van der Waals surface area contributed by atoms with E-state index < -0.39 is 5.54 Å². The number of rotatable bonds is 2. The van der Waals surface area contributed by atoms with E-state index in [1.165, 1.54) is 0 Å². The number of nitrogens with zero attached hydrogens (tertiary/aromatic N) is 3. The van der Waals surface area contributed by atoms with E-state index in [1.54, 1.807) is 0 Å². The average Bonchev–Trinajstić information content (AvgIpc) is 3.21. The van der Waals surface area contributed by atoms with Crippen LogP contribution in [0.2, 0.25) is 0 Å². The number of aromatic nitrogens is 1. The molecule has 5 nitrogen and oxygen atoms in total. The number of carbonyl (C=O) groups is 2. The molecular formula is C18H25N3O2. The van der Waals surface area contributed by atoms with Crippen molar-refractivity contribution in [3.8, 4) is 0 Å². The maximum Gasteiger partial charge on any atom is 0.256 e. The molecule has 1 aromatic rings. The largest absolute Gasteiger partial charge is 0.354 e. The molecule has 5 heteroatoms. The smallest absolute Gasteiger partial charge is 0.256 e. The Morgan fingerprint density at radius 1 is 1.22 bits per heavy atom. The van der Waals surface area contributed by atoms with Crippen LogP contribution < -0.4 is 0 Å². The third kappa shape index (κ3) is 2.12. The predicted octanol–water partition coefficient (Wildman–Crippen LogP) is 2.09. The zero-order chi connectivity index (χ0) is 16.2. The van der Waals surface area contributed by atoms with Crippen LogP contribution in [0.1, 0.15) is 54.6 Å². The van der Waals surface area contributed by atoms with Gasteiger partial charge in [-0.2, -0.15) is 0 Å². The van der Waals surface area contributed by atoms with E-state index in [1.807, 2.05) is 35.7 Å². The molecule has 3 heterocycles. The molecule has 1 spiro atoms. The Morgan fingerprint density at radius 3 is 2.52 bits per heavy atom. The minimum absolute atomic E-state index is 0.0339. The van der Waals surface area contributed by atoms with E-state index in [4.69, 9.17) is 0 Å². The summed E-state index contributed by atoms with van der Waals surface area (Å²) in [4.78, 5) is 30.3. The summed E-state index contributed by atoms with van der Waals surface area (Å²) in [5, 5.41) is 0. The summed E-state index contributed by atoms with van der Waals surface area (Å²) in [6.07, 6.45) is 7.78. The van der Waals surface area contributed by atoms with Crippen LogP contribution in [0.5, 0.6) is 0 Å². The lowest BCUT2D eigenvalue weighted by Crippen LogP contribution is -2.61. The summed E-state index contributed by atoms with van der Waals surface area (Å²) >= 11 is 0. The van der Waals surface area contributed by atoms with E-state index in [-0.39, 0.29) is 11.8 Å². The molecule has 0 bridgehead atoms. The van der Waals surface area contributed by atoms with Gasteiger partial charge in [-0.25, -0.2) is 0 Å². The molecule has 3 fully saturated rings. The number of piperidine rings is 1. The first-order valence-electron chi connectivity index (χ1n) is 8.79. The van der Waals surface area contributed by atoms with Crippen LogP contribution in [0.4, 0.5) is 0 Å². The molecule has 2 aliphatic heterocycles. The Labute approximate surface area is 137 Å². The molecule has 0 N–H and O–H groups in total. The van der Waals surface area contributed by atoms with Crippen LogP contribution in [0.25, 0.3) is 0 Å². The normalized spacial score (nSPS) is 28.0. The van der Waals surface area contributed by atoms with Gasteiger partial charge >= 0.3 is 0 Å². The van der Waals surface area contributed by atoms with E-state index >= 15 is 0 Å². The highest BCUT2D eigenvalue weighted by Crippen LogP contribution is 2.42. The summed E-state index contributed by atoms with van der Waals surface area (Å²) in [6.45, 7) is 3.55. The molecule has 124 valence electrons. The van der Waals surface area contributed by atoms with Crippen molar-refractivity contribution in [3.05, 3.63) is 23.5 Å². The molecule has 1 aromatic heterocycles. The predicted molar refractivity (Wildman–Crippen MR) is 87.1 cm³/mol. The second kappa shape index (κ2) is 5.11. The summed E-state index contributed by atoms with van der Waals surface area (Å²) in [6, 6.07) is 2.33. The van der Waals surface area contributed by atoms with Gasteiger partial charge < -0.3 is 14.4 Å². The minimum atomic E-state index is -0.569. The number of carbonyl (C=O) groups excluding carboxylic acids is 2. The van der Waals surface area contributed by atoms with Gasteiger partial charge in [0.05, 0.1) is 5.56 Å². The molecule has 4 rings (SSSR count). The van der Waals surface area contributed by atoms with Gasteiger partial charge in [0.2, 0.25) is 5.91 Å².